The molecule has 0 N–H and O–H groups in total. The van der Waals surface area contributed by atoms with Crippen molar-refractivity contribution in [3.8, 4) is 0 Å². The molecule has 1 atom stereocenters. The van der Waals surface area contributed by atoms with Crippen LogP contribution in [0.15, 0.2) is 0 Å². The van der Waals surface area contributed by atoms with Gasteiger partial charge in [0.05, 0.1) is 6.10 Å². The molecule has 24 heavy (non-hydrogen) atoms. The fraction of sp³-hybridized carbons (Fsp3) is 1.00. The maximum atomic E-state index is 5.91. The zero-order valence-electron chi connectivity index (χ0n) is 17.1. The minimum Gasteiger partial charge on any atom is -0.382 e. The van der Waals surface area contributed by atoms with Crippen molar-refractivity contribution in [2.45, 2.75) is 123 Å². The second-order valence-corrected chi connectivity index (χ2v) is 7.09. The number of hydrogen-bond acceptors (Lipinski definition) is 2. The molecular formula is C22H46O2. The summed E-state index contributed by atoms with van der Waals surface area (Å²) in [6.45, 7) is 9.18. The summed E-state index contributed by atoms with van der Waals surface area (Å²) in [5.74, 6) is 0. The molecule has 146 valence electrons. The fourth-order valence-electron chi connectivity index (χ4n) is 3.30. The summed E-state index contributed by atoms with van der Waals surface area (Å²) in [4.78, 5) is 0. The Morgan fingerprint density at radius 2 is 1.04 bits per heavy atom. The van der Waals surface area contributed by atoms with Crippen molar-refractivity contribution < 1.29 is 9.47 Å². The molecular weight excluding hydrogens is 296 g/mol. The van der Waals surface area contributed by atoms with Gasteiger partial charge in [0.1, 0.15) is 0 Å². The van der Waals surface area contributed by atoms with Crippen LogP contribution in [0, 0.1) is 0 Å². The molecule has 0 radical (unpaired) electrons. The van der Waals surface area contributed by atoms with E-state index in [4.69, 9.17) is 9.47 Å². The Morgan fingerprint density at radius 3 is 1.54 bits per heavy atom. The Kier molecular flexibility index (Phi) is 20.9. The third-order valence-electron chi connectivity index (χ3n) is 4.80. The van der Waals surface area contributed by atoms with Crippen molar-refractivity contribution in [1.82, 2.24) is 0 Å². The lowest BCUT2D eigenvalue weighted by atomic mass is 10.0. The van der Waals surface area contributed by atoms with E-state index in [1.807, 2.05) is 0 Å². The molecule has 0 saturated heterocycles. The average Bonchev–Trinajstić information content (AvgIpc) is 2.59. The van der Waals surface area contributed by atoms with Crippen LogP contribution in [-0.2, 0) is 9.47 Å². The Bertz CT molecular complexity index is 218. The fourth-order valence-corrected chi connectivity index (χ4v) is 3.30. The van der Waals surface area contributed by atoms with Crippen LogP contribution in [0.25, 0.3) is 0 Å². The third kappa shape index (κ3) is 18.3. The molecule has 0 saturated carbocycles. The van der Waals surface area contributed by atoms with Gasteiger partial charge in [0.25, 0.3) is 0 Å². The molecule has 0 aromatic heterocycles. The van der Waals surface area contributed by atoms with Gasteiger partial charge >= 0.3 is 0 Å². The van der Waals surface area contributed by atoms with E-state index in [1.54, 1.807) is 0 Å². The van der Waals surface area contributed by atoms with Crippen LogP contribution in [0.2, 0.25) is 0 Å². The number of ether oxygens (including phenoxy) is 2. The largest absolute Gasteiger partial charge is 0.382 e. The highest BCUT2D eigenvalue weighted by atomic mass is 16.5. The van der Waals surface area contributed by atoms with Crippen LogP contribution in [0.4, 0.5) is 0 Å². The first-order valence-corrected chi connectivity index (χ1v) is 11.0. The van der Waals surface area contributed by atoms with Gasteiger partial charge in [0.15, 0.2) is 0 Å². The highest BCUT2D eigenvalue weighted by Gasteiger charge is 2.07. The number of unbranched alkanes of at least 4 members (excludes halogenated alkanes) is 11. The predicted molar refractivity (Wildman–Crippen MR) is 107 cm³/mol. The Morgan fingerprint density at radius 1 is 0.542 bits per heavy atom. The van der Waals surface area contributed by atoms with Crippen LogP contribution in [0.5, 0.6) is 0 Å². The molecule has 0 aliphatic heterocycles. The van der Waals surface area contributed by atoms with Crippen molar-refractivity contribution >= 4 is 0 Å². The lowest BCUT2D eigenvalue weighted by Gasteiger charge is -2.16. The van der Waals surface area contributed by atoms with Crippen molar-refractivity contribution in [3.63, 3.8) is 0 Å². The summed E-state index contributed by atoms with van der Waals surface area (Å²) in [5.41, 5.74) is 0. The molecule has 0 fully saturated rings. The van der Waals surface area contributed by atoms with E-state index in [9.17, 15) is 0 Å². The normalized spacial score (nSPS) is 12.6. The van der Waals surface area contributed by atoms with E-state index in [1.165, 1.54) is 96.3 Å². The predicted octanol–water partition coefficient (Wildman–Crippen LogP) is 7.30. The maximum Gasteiger partial charge on any atom is 0.0575 e. The zero-order chi connectivity index (χ0) is 17.7. The molecule has 0 spiro atoms. The summed E-state index contributed by atoms with van der Waals surface area (Å²) < 4.78 is 11.3. The van der Waals surface area contributed by atoms with Gasteiger partial charge in [-0.2, -0.15) is 0 Å². The molecule has 2 heteroatoms. The Balaban J connectivity index is 3.32. The first kappa shape index (κ1) is 23.9. The molecule has 0 aromatic carbocycles. The Labute approximate surface area is 153 Å². The smallest absolute Gasteiger partial charge is 0.0575 e. The standard InChI is InChI=1S/C22H46O2/c1-4-7-8-16-19-22(24-6-3)20-17-14-12-10-9-11-13-15-18-21-23-5-2/h22H,4-21H2,1-3H3. The van der Waals surface area contributed by atoms with Crippen LogP contribution in [0.3, 0.4) is 0 Å². The van der Waals surface area contributed by atoms with E-state index in [-0.39, 0.29) is 0 Å². The van der Waals surface area contributed by atoms with Crippen molar-refractivity contribution in [2.24, 2.45) is 0 Å². The van der Waals surface area contributed by atoms with Gasteiger partial charge in [-0.25, -0.2) is 0 Å². The second-order valence-electron chi connectivity index (χ2n) is 7.09. The van der Waals surface area contributed by atoms with E-state index >= 15 is 0 Å². The van der Waals surface area contributed by atoms with E-state index < -0.39 is 0 Å². The van der Waals surface area contributed by atoms with E-state index in [2.05, 4.69) is 20.8 Å². The molecule has 2 nitrogen and oxygen atoms in total. The molecule has 0 aliphatic rings. The van der Waals surface area contributed by atoms with Crippen LogP contribution >= 0.6 is 0 Å². The van der Waals surface area contributed by atoms with Gasteiger partial charge in [-0.1, -0.05) is 84.0 Å². The number of rotatable bonds is 20. The van der Waals surface area contributed by atoms with E-state index in [0.29, 0.717) is 6.10 Å². The van der Waals surface area contributed by atoms with Gasteiger partial charge < -0.3 is 9.47 Å². The lowest BCUT2D eigenvalue weighted by Crippen LogP contribution is -2.12. The number of hydrogen-bond donors (Lipinski definition) is 0. The SMILES string of the molecule is CCCCCCC(CCCCCCCCCCCOCC)OCC. The summed E-state index contributed by atoms with van der Waals surface area (Å²) in [5, 5.41) is 0. The van der Waals surface area contributed by atoms with Crippen molar-refractivity contribution in [2.75, 3.05) is 19.8 Å². The van der Waals surface area contributed by atoms with Crippen LogP contribution in [-0.4, -0.2) is 25.9 Å². The molecule has 0 amide bonds. The molecule has 0 heterocycles. The third-order valence-corrected chi connectivity index (χ3v) is 4.80. The monoisotopic (exact) mass is 342 g/mol. The molecule has 1 unspecified atom stereocenters. The first-order valence-electron chi connectivity index (χ1n) is 11.0. The van der Waals surface area contributed by atoms with Crippen LogP contribution in [0.1, 0.15) is 117 Å². The van der Waals surface area contributed by atoms with E-state index in [0.717, 1.165) is 19.8 Å². The molecule has 0 rings (SSSR count). The highest BCUT2D eigenvalue weighted by Crippen LogP contribution is 2.16. The summed E-state index contributed by atoms with van der Waals surface area (Å²) >= 11 is 0. The van der Waals surface area contributed by atoms with Gasteiger partial charge in [-0.15, -0.1) is 0 Å². The second kappa shape index (κ2) is 21.0. The maximum absolute atomic E-state index is 5.91. The van der Waals surface area contributed by atoms with Gasteiger partial charge in [-0.05, 0) is 33.1 Å². The van der Waals surface area contributed by atoms with Crippen molar-refractivity contribution in [3.05, 3.63) is 0 Å². The topological polar surface area (TPSA) is 18.5 Å². The van der Waals surface area contributed by atoms with Gasteiger partial charge in [-0.3, -0.25) is 0 Å². The minimum absolute atomic E-state index is 0.525. The molecule has 0 bridgehead atoms. The first-order chi connectivity index (χ1) is 11.8. The minimum atomic E-state index is 0.525. The van der Waals surface area contributed by atoms with Crippen LogP contribution < -0.4 is 0 Å². The quantitative estimate of drug-likeness (QED) is 0.216. The summed E-state index contributed by atoms with van der Waals surface area (Å²) in [6, 6.07) is 0. The van der Waals surface area contributed by atoms with Gasteiger partial charge in [0, 0.05) is 19.8 Å². The summed E-state index contributed by atoms with van der Waals surface area (Å²) in [6.07, 6.45) is 20.9. The molecule has 0 aliphatic carbocycles. The van der Waals surface area contributed by atoms with Gasteiger partial charge in [0.2, 0.25) is 0 Å². The average molecular weight is 343 g/mol. The zero-order valence-corrected chi connectivity index (χ0v) is 17.1. The van der Waals surface area contributed by atoms with Crippen molar-refractivity contribution in [1.29, 1.82) is 0 Å². The highest BCUT2D eigenvalue weighted by molar-refractivity contribution is 4.60. The molecule has 0 aromatic rings. The summed E-state index contributed by atoms with van der Waals surface area (Å²) in [7, 11) is 0. The lowest BCUT2D eigenvalue weighted by molar-refractivity contribution is 0.0470. The Hall–Kier alpha value is -0.0800.